The van der Waals surface area contributed by atoms with Gasteiger partial charge in [-0.25, -0.2) is 4.98 Å². The highest BCUT2D eigenvalue weighted by atomic mass is 15.4. The van der Waals surface area contributed by atoms with Gasteiger partial charge in [-0.2, -0.15) is 9.61 Å². The number of nitrogens with zero attached hydrogens (tertiary/aromatic N) is 4. The zero-order valence-corrected chi connectivity index (χ0v) is 11.6. The van der Waals surface area contributed by atoms with E-state index in [-0.39, 0.29) is 0 Å². The van der Waals surface area contributed by atoms with Crippen molar-refractivity contribution in [1.29, 1.82) is 0 Å². The van der Waals surface area contributed by atoms with Gasteiger partial charge in [-0.15, -0.1) is 0 Å². The van der Waals surface area contributed by atoms with Crippen molar-refractivity contribution in [2.75, 3.05) is 11.4 Å². The smallest absolute Gasteiger partial charge is 0.157 e. The van der Waals surface area contributed by atoms with Gasteiger partial charge >= 0.3 is 0 Å². The second-order valence-electron chi connectivity index (χ2n) is 6.15. The van der Waals surface area contributed by atoms with Crippen LogP contribution in [0.1, 0.15) is 37.1 Å². The average Bonchev–Trinajstić information content (AvgIpc) is 2.88. The molecule has 19 heavy (non-hydrogen) atoms. The third-order valence-corrected chi connectivity index (χ3v) is 4.60. The summed E-state index contributed by atoms with van der Waals surface area (Å²) < 4.78 is 2.03. The molecule has 4 nitrogen and oxygen atoms in total. The Balaban J connectivity index is 1.86. The first-order chi connectivity index (χ1) is 9.20. The maximum atomic E-state index is 4.63. The Bertz CT molecular complexity index is 630. The normalized spacial score (nSPS) is 26.3. The first-order valence-corrected chi connectivity index (χ1v) is 7.31. The minimum atomic E-state index is 0.716. The van der Waals surface area contributed by atoms with E-state index in [1.54, 1.807) is 0 Å². The van der Waals surface area contributed by atoms with E-state index >= 15 is 0 Å². The fraction of sp³-hybridized carbons (Fsp3) is 0.600. The zero-order valence-electron chi connectivity index (χ0n) is 11.6. The summed E-state index contributed by atoms with van der Waals surface area (Å²) in [6.45, 7) is 5.31. The summed E-state index contributed by atoms with van der Waals surface area (Å²) >= 11 is 0. The Morgan fingerprint density at radius 1 is 1.16 bits per heavy atom. The van der Waals surface area contributed by atoms with Gasteiger partial charge in [-0.1, -0.05) is 6.42 Å². The van der Waals surface area contributed by atoms with Gasteiger partial charge in [0.1, 0.15) is 5.82 Å². The second-order valence-corrected chi connectivity index (χ2v) is 6.15. The van der Waals surface area contributed by atoms with E-state index in [2.05, 4.69) is 34.0 Å². The van der Waals surface area contributed by atoms with E-state index in [4.69, 9.17) is 0 Å². The highest BCUT2D eigenvalue weighted by molar-refractivity contribution is 5.53. The fourth-order valence-corrected chi connectivity index (χ4v) is 3.82. The second kappa shape index (κ2) is 3.95. The van der Waals surface area contributed by atoms with Crippen molar-refractivity contribution in [3.63, 3.8) is 0 Å². The van der Waals surface area contributed by atoms with E-state index in [1.165, 1.54) is 38.0 Å². The maximum Gasteiger partial charge on any atom is 0.157 e. The number of fused-ring (bicyclic) bond motifs is 3. The van der Waals surface area contributed by atoms with Crippen LogP contribution in [-0.4, -0.2) is 27.2 Å². The Hall–Kier alpha value is -1.58. The van der Waals surface area contributed by atoms with Crippen LogP contribution in [0.4, 0.5) is 5.82 Å². The van der Waals surface area contributed by atoms with Crippen molar-refractivity contribution in [2.45, 2.75) is 45.6 Å². The molecule has 0 spiro atoms. The van der Waals surface area contributed by atoms with Gasteiger partial charge in [-0.3, -0.25) is 0 Å². The molecule has 2 aromatic heterocycles. The molecular formula is C15H20N4. The molecule has 1 saturated carbocycles. The van der Waals surface area contributed by atoms with Gasteiger partial charge in [0.15, 0.2) is 5.65 Å². The molecule has 4 heteroatoms. The number of hydrogen-bond acceptors (Lipinski definition) is 3. The lowest BCUT2D eigenvalue weighted by Crippen LogP contribution is -2.30. The molecule has 1 aliphatic carbocycles. The number of aromatic nitrogens is 3. The van der Waals surface area contributed by atoms with Gasteiger partial charge in [0.05, 0.1) is 5.69 Å². The molecule has 2 fully saturated rings. The summed E-state index contributed by atoms with van der Waals surface area (Å²) in [6.07, 6.45) is 5.48. The predicted molar refractivity (Wildman–Crippen MR) is 75.6 cm³/mol. The van der Waals surface area contributed by atoms with Crippen LogP contribution in [0.3, 0.4) is 0 Å². The lowest BCUT2D eigenvalue weighted by atomic mass is 9.90. The summed E-state index contributed by atoms with van der Waals surface area (Å²) in [4.78, 5) is 7.16. The molecule has 2 atom stereocenters. The Morgan fingerprint density at radius 3 is 2.89 bits per heavy atom. The van der Waals surface area contributed by atoms with E-state index < -0.39 is 0 Å². The first-order valence-electron chi connectivity index (χ1n) is 7.31. The van der Waals surface area contributed by atoms with Crippen LogP contribution in [0.2, 0.25) is 0 Å². The zero-order chi connectivity index (χ0) is 13.0. The Labute approximate surface area is 113 Å². The molecule has 0 radical (unpaired) electrons. The minimum absolute atomic E-state index is 0.716. The summed E-state index contributed by atoms with van der Waals surface area (Å²) in [5, 5.41) is 4.63. The molecule has 2 bridgehead atoms. The molecule has 2 aliphatic rings. The summed E-state index contributed by atoms with van der Waals surface area (Å²) in [5.74, 6) is 2.13. The molecule has 1 aliphatic heterocycles. The van der Waals surface area contributed by atoms with Crippen LogP contribution in [0.25, 0.3) is 5.65 Å². The van der Waals surface area contributed by atoms with Gasteiger partial charge < -0.3 is 4.90 Å². The molecule has 100 valence electrons. The van der Waals surface area contributed by atoms with Gasteiger partial charge in [0.25, 0.3) is 0 Å². The van der Waals surface area contributed by atoms with Gasteiger partial charge in [-0.05, 0) is 39.0 Å². The highest BCUT2D eigenvalue weighted by Gasteiger charge is 2.36. The summed E-state index contributed by atoms with van der Waals surface area (Å²) in [7, 11) is 0. The van der Waals surface area contributed by atoms with E-state index in [0.29, 0.717) is 6.04 Å². The molecule has 0 unspecified atom stereocenters. The summed E-state index contributed by atoms with van der Waals surface area (Å²) in [6, 6.07) is 4.98. The van der Waals surface area contributed by atoms with Crippen LogP contribution in [0, 0.1) is 19.8 Å². The topological polar surface area (TPSA) is 33.4 Å². The number of hydrogen-bond donors (Lipinski definition) is 0. The lowest BCUT2D eigenvalue weighted by Gasteiger charge is -2.26. The van der Waals surface area contributed by atoms with Crippen LogP contribution < -0.4 is 4.90 Å². The maximum absolute atomic E-state index is 4.63. The predicted octanol–water partition coefficient (Wildman–Crippen LogP) is 2.72. The standard InChI is InChI=1S/C15H20N4/c1-10-7-15(19-14(16-10)6-11(2)17-19)18-9-12-4-3-5-13(18)8-12/h6-7,12-13H,3-5,8-9H2,1-2H3/t12-,13+/m1/s1. The minimum Gasteiger partial charge on any atom is -0.353 e. The van der Waals surface area contributed by atoms with E-state index in [0.717, 1.165) is 23.0 Å². The van der Waals surface area contributed by atoms with E-state index in [9.17, 15) is 0 Å². The highest BCUT2D eigenvalue weighted by Crippen LogP contribution is 2.38. The largest absolute Gasteiger partial charge is 0.353 e. The number of rotatable bonds is 1. The summed E-state index contributed by atoms with van der Waals surface area (Å²) in [5.41, 5.74) is 3.11. The van der Waals surface area contributed by atoms with Crippen LogP contribution in [0.5, 0.6) is 0 Å². The lowest BCUT2D eigenvalue weighted by molar-refractivity contribution is 0.414. The van der Waals surface area contributed by atoms with Gasteiger partial charge in [0, 0.05) is 30.4 Å². The van der Waals surface area contributed by atoms with Crippen LogP contribution in [0.15, 0.2) is 12.1 Å². The molecule has 2 aromatic rings. The molecule has 3 heterocycles. The molecular weight excluding hydrogens is 236 g/mol. The van der Waals surface area contributed by atoms with Crippen molar-refractivity contribution >= 4 is 11.5 Å². The van der Waals surface area contributed by atoms with Crippen LogP contribution >= 0.6 is 0 Å². The Kier molecular flexibility index (Phi) is 2.34. The third kappa shape index (κ3) is 1.73. The molecule has 0 N–H and O–H groups in total. The van der Waals surface area contributed by atoms with E-state index in [1.807, 2.05) is 11.4 Å². The quantitative estimate of drug-likeness (QED) is 0.786. The molecule has 0 amide bonds. The SMILES string of the molecule is Cc1cc(N2C[C@@H]3CCC[C@H]2C3)n2nc(C)cc2n1. The van der Waals surface area contributed by atoms with Crippen molar-refractivity contribution in [3.8, 4) is 0 Å². The average molecular weight is 256 g/mol. The Morgan fingerprint density at radius 2 is 2.05 bits per heavy atom. The molecule has 4 rings (SSSR count). The molecule has 1 saturated heterocycles. The van der Waals surface area contributed by atoms with Crippen LogP contribution in [-0.2, 0) is 0 Å². The fourth-order valence-electron chi connectivity index (χ4n) is 3.82. The van der Waals surface area contributed by atoms with Crippen molar-refractivity contribution < 1.29 is 0 Å². The number of aryl methyl sites for hydroxylation is 2. The number of anilines is 1. The van der Waals surface area contributed by atoms with Crippen molar-refractivity contribution in [1.82, 2.24) is 14.6 Å². The van der Waals surface area contributed by atoms with Crippen molar-refractivity contribution in [2.24, 2.45) is 5.92 Å². The van der Waals surface area contributed by atoms with Crippen molar-refractivity contribution in [3.05, 3.63) is 23.5 Å². The first kappa shape index (κ1) is 11.3. The monoisotopic (exact) mass is 256 g/mol. The third-order valence-electron chi connectivity index (χ3n) is 4.60. The molecule has 0 aromatic carbocycles. The van der Waals surface area contributed by atoms with Gasteiger partial charge in [0.2, 0.25) is 0 Å².